The standard InChI is InChI=1S/C24H26N6O/c1-15(2)22-19(14-30(29-22)20-8-6-5-7-9-20)13-26-21-11-10-18(12-25-21)23-27-17(4)16(3)24(31)28-23/h5-12,14-15H,13H2,1-4H3,(H,25,26)(H,27,28,31). The van der Waals surface area contributed by atoms with Crippen LogP contribution in [0.5, 0.6) is 0 Å². The number of pyridine rings is 1. The molecule has 0 unspecified atom stereocenters. The van der Waals surface area contributed by atoms with E-state index in [1.165, 1.54) is 0 Å². The van der Waals surface area contributed by atoms with Gasteiger partial charge in [0.15, 0.2) is 0 Å². The number of benzene rings is 1. The molecule has 4 rings (SSSR count). The average molecular weight is 415 g/mol. The van der Waals surface area contributed by atoms with Crippen LogP contribution in [0.1, 0.15) is 42.3 Å². The predicted octanol–water partition coefficient (Wildman–Crippen LogP) is 4.37. The lowest BCUT2D eigenvalue weighted by Gasteiger charge is -2.08. The van der Waals surface area contributed by atoms with Crippen molar-refractivity contribution in [3.63, 3.8) is 0 Å². The zero-order valence-electron chi connectivity index (χ0n) is 18.2. The first-order valence-electron chi connectivity index (χ1n) is 10.3. The molecular weight excluding hydrogens is 388 g/mol. The molecule has 4 aromatic rings. The van der Waals surface area contributed by atoms with E-state index in [-0.39, 0.29) is 5.56 Å². The zero-order chi connectivity index (χ0) is 22.0. The fourth-order valence-corrected chi connectivity index (χ4v) is 3.36. The molecule has 0 aliphatic carbocycles. The highest BCUT2D eigenvalue weighted by atomic mass is 16.1. The molecule has 158 valence electrons. The second-order valence-electron chi connectivity index (χ2n) is 7.89. The lowest BCUT2D eigenvalue weighted by Crippen LogP contribution is -2.14. The summed E-state index contributed by atoms with van der Waals surface area (Å²) in [7, 11) is 0. The van der Waals surface area contributed by atoms with Gasteiger partial charge in [-0.15, -0.1) is 0 Å². The molecule has 2 N–H and O–H groups in total. The Labute approximate surface area is 181 Å². The molecule has 7 nitrogen and oxygen atoms in total. The number of aromatic amines is 1. The van der Waals surface area contributed by atoms with Crippen molar-refractivity contribution in [2.75, 3.05) is 5.32 Å². The molecule has 0 amide bonds. The van der Waals surface area contributed by atoms with Gasteiger partial charge in [-0.05, 0) is 44.0 Å². The summed E-state index contributed by atoms with van der Waals surface area (Å²) >= 11 is 0. The number of H-pyrrole nitrogens is 1. The van der Waals surface area contributed by atoms with Crippen LogP contribution in [0.25, 0.3) is 17.1 Å². The number of aryl methyl sites for hydroxylation is 1. The number of para-hydroxylation sites is 1. The summed E-state index contributed by atoms with van der Waals surface area (Å²) in [5.41, 5.74) is 5.22. The number of hydrogen-bond acceptors (Lipinski definition) is 5. The Kier molecular flexibility index (Phi) is 5.66. The van der Waals surface area contributed by atoms with Crippen LogP contribution in [0.4, 0.5) is 5.82 Å². The number of rotatable bonds is 6. The monoisotopic (exact) mass is 414 g/mol. The second kappa shape index (κ2) is 8.55. The molecule has 0 atom stereocenters. The number of nitrogens with zero attached hydrogens (tertiary/aromatic N) is 4. The molecule has 1 aromatic carbocycles. The van der Waals surface area contributed by atoms with E-state index in [9.17, 15) is 4.79 Å². The molecule has 0 fully saturated rings. The maximum Gasteiger partial charge on any atom is 0.254 e. The van der Waals surface area contributed by atoms with Crippen LogP contribution in [-0.4, -0.2) is 24.7 Å². The SMILES string of the molecule is Cc1nc(-c2ccc(NCc3cn(-c4ccccc4)nc3C(C)C)nc2)[nH]c(=O)c1C. The number of anilines is 1. The maximum atomic E-state index is 12.0. The Hall–Kier alpha value is -3.74. The Bertz CT molecular complexity index is 1240. The third kappa shape index (κ3) is 4.40. The second-order valence-corrected chi connectivity index (χ2v) is 7.89. The summed E-state index contributed by atoms with van der Waals surface area (Å²) in [6, 6.07) is 13.9. The van der Waals surface area contributed by atoms with E-state index in [2.05, 4.69) is 40.3 Å². The Morgan fingerprint density at radius 3 is 2.52 bits per heavy atom. The summed E-state index contributed by atoms with van der Waals surface area (Å²) in [5.74, 6) is 1.58. The van der Waals surface area contributed by atoms with Crippen LogP contribution in [0.2, 0.25) is 0 Å². The van der Waals surface area contributed by atoms with E-state index in [0.29, 0.717) is 23.9 Å². The summed E-state index contributed by atoms with van der Waals surface area (Å²) in [4.78, 5) is 23.8. The molecular formula is C24H26N6O. The summed E-state index contributed by atoms with van der Waals surface area (Å²) < 4.78 is 1.92. The molecule has 0 radical (unpaired) electrons. The first-order chi connectivity index (χ1) is 14.9. The smallest absolute Gasteiger partial charge is 0.254 e. The first-order valence-corrected chi connectivity index (χ1v) is 10.3. The highest BCUT2D eigenvalue weighted by molar-refractivity contribution is 5.56. The van der Waals surface area contributed by atoms with Gasteiger partial charge in [-0.2, -0.15) is 5.10 Å². The topological polar surface area (TPSA) is 88.5 Å². The summed E-state index contributed by atoms with van der Waals surface area (Å²) in [6.07, 6.45) is 3.78. The van der Waals surface area contributed by atoms with Crippen LogP contribution < -0.4 is 10.9 Å². The minimum atomic E-state index is -0.124. The highest BCUT2D eigenvalue weighted by Crippen LogP contribution is 2.21. The predicted molar refractivity (Wildman–Crippen MR) is 123 cm³/mol. The van der Waals surface area contributed by atoms with Gasteiger partial charge in [0.05, 0.1) is 11.4 Å². The van der Waals surface area contributed by atoms with Crippen LogP contribution in [0, 0.1) is 13.8 Å². The van der Waals surface area contributed by atoms with Gasteiger partial charge in [0, 0.05) is 41.3 Å². The van der Waals surface area contributed by atoms with Crippen LogP contribution in [0.3, 0.4) is 0 Å². The van der Waals surface area contributed by atoms with Gasteiger partial charge in [-0.3, -0.25) is 4.79 Å². The molecule has 7 heteroatoms. The molecule has 0 aliphatic heterocycles. The third-order valence-electron chi connectivity index (χ3n) is 5.28. The highest BCUT2D eigenvalue weighted by Gasteiger charge is 2.13. The molecule has 0 aliphatic rings. The van der Waals surface area contributed by atoms with E-state index >= 15 is 0 Å². The largest absolute Gasteiger partial charge is 0.366 e. The zero-order valence-corrected chi connectivity index (χ0v) is 18.2. The Morgan fingerprint density at radius 1 is 1.10 bits per heavy atom. The van der Waals surface area contributed by atoms with Crippen LogP contribution >= 0.6 is 0 Å². The van der Waals surface area contributed by atoms with Gasteiger partial charge in [-0.25, -0.2) is 14.6 Å². The van der Waals surface area contributed by atoms with Gasteiger partial charge in [0.2, 0.25) is 0 Å². The van der Waals surface area contributed by atoms with E-state index in [4.69, 9.17) is 5.10 Å². The van der Waals surface area contributed by atoms with Crippen molar-refractivity contribution in [3.05, 3.63) is 87.7 Å². The fraction of sp³-hybridized carbons (Fsp3) is 0.250. The van der Waals surface area contributed by atoms with E-state index in [1.54, 1.807) is 13.1 Å². The molecule has 0 saturated carbocycles. The van der Waals surface area contributed by atoms with Crippen molar-refractivity contribution in [2.24, 2.45) is 0 Å². The van der Waals surface area contributed by atoms with Crippen molar-refractivity contribution in [2.45, 2.75) is 40.2 Å². The third-order valence-corrected chi connectivity index (χ3v) is 5.28. The summed E-state index contributed by atoms with van der Waals surface area (Å²) in [6.45, 7) is 8.50. The Balaban J connectivity index is 1.52. The lowest BCUT2D eigenvalue weighted by atomic mass is 10.1. The average Bonchev–Trinajstić information content (AvgIpc) is 3.21. The van der Waals surface area contributed by atoms with E-state index in [1.807, 2.05) is 54.1 Å². The molecule has 3 heterocycles. The quantitative estimate of drug-likeness (QED) is 0.489. The number of nitrogens with one attached hydrogen (secondary N) is 2. The van der Waals surface area contributed by atoms with Gasteiger partial charge in [-0.1, -0.05) is 32.0 Å². The van der Waals surface area contributed by atoms with Crippen LogP contribution in [-0.2, 0) is 6.54 Å². The molecule has 3 aromatic heterocycles. The fourth-order valence-electron chi connectivity index (χ4n) is 3.36. The molecule has 31 heavy (non-hydrogen) atoms. The minimum absolute atomic E-state index is 0.124. The van der Waals surface area contributed by atoms with Crippen LogP contribution in [0.15, 0.2) is 59.7 Å². The summed E-state index contributed by atoms with van der Waals surface area (Å²) in [5, 5.41) is 8.16. The van der Waals surface area contributed by atoms with Crippen molar-refractivity contribution >= 4 is 5.82 Å². The minimum Gasteiger partial charge on any atom is -0.366 e. The van der Waals surface area contributed by atoms with E-state index in [0.717, 1.165) is 34.0 Å². The Morgan fingerprint density at radius 2 is 1.87 bits per heavy atom. The van der Waals surface area contributed by atoms with Crippen molar-refractivity contribution in [3.8, 4) is 17.1 Å². The molecule has 0 spiro atoms. The van der Waals surface area contributed by atoms with Gasteiger partial charge < -0.3 is 10.3 Å². The first kappa shape index (κ1) is 20.5. The van der Waals surface area contributed by atoms with Crippen molar-refractivity contribution < 1.29 is 0 Å². The van der Waals surface area contributed by atoms with Crippen molar-refractivity contribution in [1.29, 1.82) is 0 Å². The van der Waals surface area contributed by atoms with Gasteiger partial charge in [0.1, 0.15) is 11.6 Å². The lowest BCUT2D eigenvalue weighted by molar-refractivity contribution is 0.763. The normalized spacial score (nSPS) is 11.1. The van der Waals surface area contributed by atoms with Crippen molar-refractivity contribution in [1.82, 2.24) is 24.7 Å². The van der Waals surface area contributed by atoms with E-state index < -0.39 is 0 Å². The van der Waals surface area contributed by atoms with Gasteiger partial charge in [0.25, 0.3) is 5.56 Å². The molecule has 0 saturated heterocycles. The maximum absolute atomic E-state index is 12.0. The number of hydrogen-bond donors (Lipinski definition) is 2. The van der Waals surface area contributed by atoms with Gasteiger partial charge >= 0.3 is 0 Å². The number of aromatic nitrogens is 5. The molecule has 0 bridgehead atoms.